The van der Waals surface area contributed by atoms with Gasteiger partial charge in [0.05, 0.1) is 5.02 Å². The lowest BCUT2D eigenvalue weighted by Gasteiger charge is -2.17. The first kappa shape index (κ1) is 16.2. The summed E-state index contributed by atoms with van der Waals surface area (Å²) in [6, 6.07) is 5.98. The molecule has 8 heteroatoms. The van der Waals surface area contributed by atoms with Crippen molar-refractivity contribution in [2.24, 2.45) is 0 Å². The number of aromatic amines is 1. The standard InChI is InChI=1S/C16H13ClFN3O3/c17-11-2-1-10(8-12(11)18)21-6-4-13(16(21)24)20-15(23)9-3-5-19-14(22)7-9/h1-3,5,7-8,13H,4,6H2,(H,19,22)(H,20,23)/t13-/m1/s1. The van der Waals surface area contributed by atoms with E-state index in [9.17, 15) is 18.8 Å². The lowest BCUT2D eigenvalue weighted by Crippen LogP contribution is -2.41. The highest BCUT2D eigenvalue weighted by Crippen LogP contribution is 2.25. The molecule has 6 nitrogen and oxygen atoms in total. The highest BCUT2D eigenvalue weighted by Gasteiger charge is 2.34. The summed E-state index contributed by atoms with van der Waals surface area (Å²) >= 11 is 5.64. The topological polar surface area (TPSA) is 82.3 Å². The van der Waals surface area contributed by atoms with Gasteiger partial charge in [0, 0.05) is 30.1 Å². The summed E-state index contributed by atoms with van der Waals surface area (Å²) in [6.07, 6.45) is 1.74. The zero-order chi connectivity index (χ0) is 17.3. The van der Waals surface area contributed by atoms with Crippen molar-refractivity contribution in [1.82, 2.24) is 10.3 Å². The van der Waals surface area contributed by atoms with Crippen LogP contribution in [0.4, 0.5) is 10.1 Å². The van der Waals surface area contributed by atoms with E-state index in [4.69, 9.17) is 11.6 Å². The SMILES string of the molecule is O=C(N[C@@H]1CCN(c2ccc(Cl)c(F)c2)C1=O)c1cc[nH]c(=O)c1. The van der Waals surface area contributed by atoms with E-state index in [1.54, 1.807) is 6.07 Å². The fourth-order valence-corrected chi connectivity index (χ4v) is 2.67. The molecule has 124 valence electrons. The van der Waals surface area contributed by atoms with E-state index in [-0.39, 0.29) is 16.5 Å². The Hall–Kier alpha value is -2.67. The minimum absolute atomic E-state index is 0.0236. The number of pyridine rings is 1. The summed E-state index contributed by atoms with van der Waals surface area (Å²) in [6.45, 7) is 0.347. The first-order chi connectivity index (χ1) is 11.5. The molecule has 1 saturated heterocycles. The first-order valence-corrected chi connectivity index (χ1v) is 7.59. The fourth-order valence-electron chi connectivity index (χ4n) is 2.55. The van der Waals surface area contributed by atoms with E-state index in [2.05, 4.69) is 10.3 Å². The number of H-pyrrole nitrogens is 1. The van der Waals surface area contributed by atoms with Gasteiger partial charge < -0.3 is 15.2 Å². The third-order valence-corrected chi connectivity index (χ3v) is 4.07. The molecule has 2 amide bonds. The number of benzene rings is 1. The molecule has 0 saturated carbocycles. The smallest absolute Gasteiger partial charge is 0.252 e. The van der Waals surface area contributed by atoms with Crippen LogP contribution in [0.25, 0.3) is 0 Å². The molecule has 2 N–H and O–H groups in total. The Kier molecular flexibility index (Phi) is 4.35. The van der Waals surface area contributed by atoms with Crippen molar-refractivity contribution in [2.45, 2.75) is 12.5 Å². The van der Waals surface area contributed by atoms with Crippen molar-refractivity contribution >= 4 is 29.1 Å². The van der Waals surface area contributed by atoms with Gasteiger partial charge in [-0.2, -0.15) is 0 Å². The van der Waals surface area contributed by atoms with Crippen LogP contribution in [0.2, 0.25) is 5.02 Å². The molecule has 24 heavy (non-hydrogen) atoms. The van der Waals surface area contributed by atoms with E-state index in [1.807, 2.05) is 0 Å². The summed E-state index contributed by atoms with van der Waals surface area (Å²) in [5.41, 5.74) is 0.149. The van der Waals surface area contributed by atoms with Crippen LogP contribution in [0.1, 0.15) is 16.8 Å². The zero-order valence-electron chi connectivity index (χ0n) is 12.4. The maximum absolute atomic E-state index is 13.6. The van der Waals surface area contributed by atoms with Gasteiger partial charge in [0.15, 0.2) is 0 Å². The van der Waals surface area contributed by atoms with Crippen molar-refractivity contribution in [3.63, 3.8) is 0 Å². The number of nitrogens with zero attached hydrogens (tertiary/aromatic N) is 1. The Labute approximate surface area is 141 Å². The first-order valence-electron chi connectivity index (χ1n) is 7.22. The molecule has 0 spiro atoms. The maximum Gasteiger partial charge on any atom is 0.252 e. The van der Waals surface area contributed by atoms with Crippen LogP contribution in [0.15, 0.2) is 41.3 Å². The second-order valence-corrected chi connectivity index (χ2v) is 5.75. The molecule has 1 aliphatic rings. The molecule has 0 bridgehead atoms. The summed E-state index contributed by atoms with van der Waals surface area (Å²) in [4.78, 5) is 39.6. The quantitative estimate of drug-likeness (QED) is 0.885. The Morgan fingerprint density at radius 3 is 2.79 bits per heavy atom. The van der Waals surface area contributed by atoms with Crippen LogP contribution >= 0.6 is 11.6 Å². The van der Waals surface area contributed by atoms with Gasteiger partial charge >= 0.3 is 0 Å². The number of amides is 2. The molecule has 1 aromatic heterocycles. The average molecular weight is 350 g/mol. The van der Waals surface area contributed by atoms with Crippen LogP contribution in [0.3, 0.4) is 0 Å². The van der Waals surface area contributed by atoms with Crippen LogP contribution in [0.5, 0.6) is 0 Å². The highest BCUT2D eigenvalue weighted by molar-refractivity contribution is 6.30. The number of nitrogens with one attached hydrogen (secondary N) is 2. The summed E-state index contributed by atoms with van der Waals surface area (Å²) < 4.78 is 13.6. The second-order valence-electron chi connectivity index (χ2n) is 5.34. The Bertz CT molecular complexity index is 868. The monoisotopic (exact) mass is 349 g/mol. The lowest BCUT2D eigenvalue weighted by molar-refractivity contribution is -0.118. The van der Waals surface area contributed by atoms with E-state index in [0.29, 0.717) is 18.7 Å². The van der Waals surface area contributed by atoms with Gasteiger partial charge in [-0.25, -0.2) is 4.39 Å². The van der Waals surface area contributed by atoms with Gasteiger partial charge in [0.25, 0.3) is 5.91 Å². The van der Waals surface area contributed by atoms with Gasteiger partial charge in [0.2, 0.25) is 11.5 Å². The summed E-state index contributed by atoms with van der Waals surface area (Å²) in [5, 5.41) is 2.57. The Morgan fingerprint density at radius 2 is 2.08 bits per heavy atom. The molecular formula is C16H13ClFN3O3. The van der Waals surface area contributed by atoms with Gasteiger partial charge in [0.1, 0.15) is 11.9 Å². The summed E-state index contributed by atoms with van der Waals surface area (Å²) in [5.74, 6) is -1.46. The van der Waals surface area contributed by atoms with Crippen LogP contribution in [-0.2, 0) is 4.79 Å². The maximum atomic E-state index is 13.6. The number of aromatic nitrogens is 1. The minimum atomic E-state index is -0.726. The van der Waals surface area contributed by atoms with Crippen LogP contribution < -0.4 is 15.8 Å². The third kappa shape index (κ3) is 3.16. The van der Waals surface area contributed by atoms with Gasteiger partial charge in [-0.1, -0.05) is 11.6 Å². The number of hydrogen-bond acceptors (Lipinski definition) is 3. The highest BCUT2D eigenvalue weighted by atomic mass is 35.5. The number of anilines is 1. The van der Waals surface area contributed by atoms with Gasteiger partial charge in [-0.15, -0.1) is 0 Å². The molecule has 0 radical (unpaired) electrons. The number of hydrogen-bond donors (Lipinski definition) is 2. The third-order valence-electron chi connectivity index (χ3n) is 3.76. The van der Waals surface area contributed by atoms with E-state index in [0.717, 1.165) is 6.07 Å². The molecule has 2 heterocycles. The molecule has 2 aromatic rings. The molecule has 3 rings (SSSR count). The predicted octanol–water partition coefficient (Wildman–Crippen LogP) is 1.70. The molecule has 1 aromatic carbocycles. The average Bonchev–Trinajstić information content (AvgIpc) is 2.91. The van der Waals surface area contributed by atoms with Crippen molar-refractivity contribution in [1.29, 1.82) is 0 Å². The summed E-state index contributed by atoms with van der Waals surface area (Å²) in [7, 11) is 0. The molecule has 1 atom stereocenters. The van der Waals surface area contributed by atoms with Crippen molar-refractivity contribution in [2.75, 3.05) is 11.4 Å². The number of rotatable bonds is 3. The fraction of sp³-hybridized carbons (Fsp3) is 0.188. The Morgan fingerprint density at radius 1 is 1.29 bits per heavy atom. The predicted molar refractivity (Wildman–Crippen MR) is 86.7 cm³/mol. The van der Waals surface area contributed by atoms with Crippen molar-refractivity contribution in [3.05, 3.63) is 63.3 Å². The molecular weight excluding hydrogens is 337 g/mol. The molecule has 1 fully saturated rings. The normalized spacial score (nSPS) is 17.2. The van der Waals surface area contributed by atoms with Crippen molar-refractivity contribution in [3.8, 4) is 0 Å². The lowest BCUT2D eigenvalue weighted by atomic mass is 10.2. The molecule has 0 unspecified atom stereocenters. The van der Waals surface area contributed by atoms with Crippen LogP contribution in [-0.4, -0.2) is 29.4 Å². The van der Waals surface area contributed by atoms with Gasteiger partial charge in [-0.3, -0.25) is 14.4 Å². The van der Waals surface area contributed by atoms with Crippen LogP contribution in [0, 0.1) is 5.82 Å². The number of carbonyl (C=O) groups excluding carboxylic acids is 2. The zero-order valence-corrected chi connectivity index (χ0v) is 13.1. The Balaban J connectivity index is 1.73. The molecule has 1 aliphatic heterocycles. The van der Waals surface area contributed by atoms with Gasteiger partial charge in [-0.05, 0) is 30.7 Å². The van der Waals surface area contributed by atoms with E-state index >= 15 is 0 Å². The van der Waals surface area contributed by atoms with Crippen molar-refractivity contribution < 1.29 is 14.0 Å². The largest absolute Gasteiger partial charge is 0.340 e. The van der Waals surface area contributed by atoms with E-state index in [1.165, 1.54) is 29.3 Å². The number of halogens is 2. The van der Waals surface area contributed by atoms with E-state index < -0.39 is 23.3 Å². The number of carbonyl (C=O) groups is 2. The second kappa shape index (κ2) is 6.45. The minimum Gasteiger partial charge on any atom is -0.340 e. The molecule has 0 aliphatic carbocycles.